The van der Waals surface area contributed by atoms with Crippen LogP contribution in [0.1, 0.15) is 32.2 Å². The molecule has 0 aliphatic rings. The molecule has 1 aromatic heterocycles. The molecule has 0 radical (unpaired) electrons. The number of halogens is 2. The fourth-order valence-corrected chi connectivity index (χ4v) is 1.88. The summed E-state index contributed by atoms with van der Waals surface area (Å²) in [6.07, 6.45) is 0.112. The second kappa shape index (κ2) is 5.39. The molecule has 102 valence electrons. The van der Waals surface area contributed by atoms with E-state index < -0.39 is 0 Å². The van der Waals surface area contributed by atoms with E-state index in [4.69, 9.17) is 32.5 Å². The maximum absolute atomic E-state index is 6.04. The number of ether oxygens (including phenoxy) is 1. The Kier molecular flexibility index (Phi) is 4.02. The first kappa shape index (κ1) is 14.2. The molecule has 0 bridgehead atoms. The molecule has 0 saturated heterocycles. The van der Waals surface area contributed by atoms with Gasteiger partial charge in [-0.05, 0) is 12.1 Å². The summed E-state index contributed by atoms with van der Waals surface area (Å²) in [4.78, 5) is 4.17. The van der Waals surface area contributed by atoms with Gasteiger partial charge in [-0.3, -0.25) is 4.52 Å². The Labute approximate surface area is 121 Å². The SMILES string of the molecule is CC(C)(C)c1noc(OCc2c(Cl)cccc2Cl)n1. The van der Waals surface area contributed by atoms with Crippen molar-refractivity contribution in [2.75, 3.05) is 0 Å². The Balaban J connectivity index is 2.09. The normalized spacial score (nSPS) is 11.6. The van der Waals surface area contributed by atoms with E-state index in [1.165, 1.54) is 0 Å². The van der Waals surface area contributed by atoms with Crippen LogP contribution in [0.25, 0.3) is 0 Å². The summed E-state index contributed by atoms with van der Waals surface area (Å²) in [7, 11) is 0. The average Bonchev–Trinajstić information content (AvgIpc) is 2.77. The molecular weight excluding hydrogens is 287 g/mol. The van der Waals surface area contributed by atoms with E-state index in [0.29, 0.717) is 21.4 Å². The first-order chi connectivity index (χ1) is 8.88. The summed E-state index contributed by atoms with van der Waals surface area (Å²) in [6, 6.07) is 5.28. The third kappa shape index (κ3) is 3.39. The highest BCUT2D eigenvalue weighted by Crippen LogP contribution is 2.26. The first-order valence-electron chi connectivity index (χ1n) is 5.78. The number of aromatic nitrogens is 2. The fraction of sp³-hybridized carbons (Fsp3) is 0.385. The van der Waals surface area contributed by atoms with Crippen LogP contribution in [-0.4, -0.2) is 10.1 Å². The van der Waals surface area contributed by atoms with Gasteiger partial charge < -0.3 is 4.74 Å². The van der Waals surface area contributed by atoms with Crippen molar-refractivity contribution in [3.05, 3.63) is 39.6 Å². The summed E-state index contributed by atoms with van der Waals surface area (Å²) in [6.45, 7) is 6.16. The van der Waals surface area contributed by atoms with Crippen molar-refractivity contribution in [1.29, 1.82) is 0 Å². The minimum Gasteiger partial charge on any atom is -0.444 e. The molecule has 19 heavy (non-hydrogen) atoms. The van der Waals surface area contributed by atoms with Gasteiger partial charge >= 0.3 is 6.08 Å². The number of benzene rings is 1. The highest BCUT2D eigenvalue weighted by molar-refractivity contribution is 6.35. The summed E-state index contributed by atoms with van der Waals surface area (Å²) in [5.74, 6) is 0.591. The van der Waals surface area contributed by atoms with Crippen molar-refractivity contribution in [3.8, 4) is 6.08 Å². The van der Waals surface area contributed by atoms with Gasteiger partial charge in [-0.2, -0.15) is 4.98 Å². The third-order valence-corrected chi connectivity index (χ3v) is 3.19. The summed E-state index contributed by atoms with van der Waals surface area (Å²) < 4.78 is 10.4. The van der Waals surface area contributed by atoms with E-state index >= 15 is 0 Å². The van der Waals surface area contributed by atoms with Gasteiger partial charge in [0.2, 0.25) is 0 Å². The van der Waals surface area contributed by atoms with Crippen LogP contribution in [0.4, 0.5) is 0 Å². The quantitative estimate of drug-likeness (QED) is 0.850. The highest BCUT2D eigenvalue weighted by Gasteiger charge is 2.21. The van der Waals surface area contributed by atoms with E-state index in [9.17, 15) is 0 Å². The lowest BCUT2D eigenvalue weighted by Gasteiger charge is -2.10. The summed E-state index contributed by atoms with van der Waals surface area (Å²) >= 11 is 12.1. The number of hydrogen-bond acceptors (Lipinski definition) is 4. The summed E-state index contributed by atoms with van der Waals surface area (Å²) in [5, 5.41) is 4.96. The van der Waals surface area contributed by atoms with E-state index in [0.717, 1.165) is 0 Å². The smallest absolute Gasteiger partial charge is 0.417 e. The average molecular weight is 301 g/mol. The molecule has 4 nitrogen and oxygen atoms in total. The van der Waals surface area contributed by atoms with E-state index in [1.807, 2.05) is 20.8 Å². The van der Waals surface area contributed by atoms with Crippen molar-refractivity contribution < 1.29 is 9.26 Å². The zero-order valence-corrected chi connectivity index (χ0v) is 12.4. The van der Waals surface area contributed by atoms with Gasteiger partial charge in [0.05, 0.1) is 0 Å². The van der Waals surface area contributed by atoms with Crippen molar-refractivity contribution >= 4 is 23.2 Å². The van der Waals surface area contributed by atoms with Gasteiger partial charge in [0.25, 0.3) is 0 Å². The zero-order valence-electron chi connectivity index (χ0n) is 10.9. The van der Waals surface area contributed by atoms with Gasteiger partial charge in [0.15, 0.2) is 5.82 Å². The lowest BCUT2D eigenvalue weighted by Crippen LogP contribution is -2.13. The lowest BCUT2D eigenvalue weighted by atomic mass is 9.96. The van der Waals surface area contributed by atoms with Crippen LogP contribution >= 0.6 is 23.2 Å². The standard InChI is InChI=1S/C13H14Cl2N2O2/c1-13(2,3)11-16-12(19-17-11)18-7-8-9(14)5-4-6-10(8)15/h4-6H,7H2,1-3H3. The Morgan fingerprint density at radius 3 is 2.37 bits per heavy atom. The second-order valence-corrected chi connectivity index (χ2v) is 5.94. The molecule has 1 aromatic carbocycles. The number of nitrogens with zero attached hydrogens (tertiary/aromatic N) is 2. The molecule has 0 atom stereocenters. The highest BCUT2D eigenvalue weighted by atomic mass is 35.5. The Morgan fingerprint density at radius 1 is 1.21 bits per heavy atom. The molecule has 2 aromatic rings. The molecule has 0 unspecified atom stereocenters. The van der Waals surface area contributed by atoms with Gasteiger partial charge in [0.1, 0.15) is 6.61 Å². The Hall–Kier alpha value is -1.26. The lowest BCUT2D eigenvalue weighted by molar-refractivity contribution is 0.195. The first-order valence-corrected chi connectivity index (χ1v) is 6.53. The molecular formula is C13H14Cl2N2O2. The number of hydrogen-bond donors (Lipinski definition) is 0. The predicted molar refractivity (Wildman–Crippen MR) is 73.8 cm³/mol. The van der Waals surface area contributed by atoms with Crippen LogP contribution in [0.5, 0.6) is 6.08 Å². The molecule has 0 fully saturated rings. The maximum Gasteiger partial charge on any atom is 0.417 e. The van der Waals surface area contributed by atoms with Crippen LogP contribution in [0.15, 0.2) is 22.7 Å². The van der Waals surface area contributed by atoms with E-state index in [1.54, 1.807) is 18.2 Å². The largest absolute Gasteiger partial charge is 0.444 e. The minimum atomic E-state index is -0.187. The van der Waals surface area contributed by atoms with Crippen LogP contribution in [0, 0.1) is 0 Å². The van der Waals surface area contributed by atoms with Crippen molar-refractivity contribution in [2.24, 2.45) is 0 Å². The van der Waals surface area contributed by atoms with Crippen LogP contribution < -0.4 is 4.74 Å². The van der Waals surface area contributed by atoms with Gasteiger partial charge in [0, 0.05) is 21.0 Å². The molecule has 6 heteroatoms. The topological polar surface area (TPSA) is 48.2 Å². The van der Waals surface area contributed by atoms with Gasteiger partial charge in [-0.15, -0.1) is 0 Å². The minimum absolute atomic E-state index is 0.112. The van der Waals surface area contributed by atoms with E-state index in [2.05, 4.69) is 10.1 Å². The zero-order chi connectivity index (χ0) is 14.0. The van der Waals surface area contributed by atoms with Crippen LogP contribution in [-0.2, 0) is 12.0 Å². The van der Waals surface area contributed by atoms with Gasteiger partial charge in [-0.25, -0.2) is 0 Å². The van der Waals surface area contributed by atoms with Crippen molar-refractivity contribution in [3.63, 3.8) is 0 Å². The fourth-order valence-electron chi connectivity index (χ4n) is 1.38. The third-order valence-electron chi connectivity index (χ3n) is 2.48. The van der Waals surface area contributed by atoms with E-state index in [-0.39, 0.29) is 18.1 Å². The molecule has 0 spiro atoms. The molecule has 2 rings (SSSR count). The van der Waals surface area contributed by atoms with Crippen molar-refractivity contribution in [2.45, 2.75) is 32.8 Å². The number of rotatable bonds is 3. The van der Waals surface area contributed by atoms with Crippen LogP contribution in [0.2, 0.25) is 10.0 Å². The molecule has 0 amide bonds. The summed E-state index contributed by atoms with van der Waals surface area (Å²) in [5.41, 5.74) is 0.508. The predicted octanol–water partition coefficient (Wildman–Crippen LogP) is 4.25. The molecule has 1 heterocycles. The molecule has 0 saturated carbocycles. The molecule has 0 aliphatic heterocycles. The Bertz CT molecular complexity index is 556. The molecule has 0 N–H and O–H groups in total. The second-order valence-electron chi connectivity index (χ2n) is 5.12. The monoisotopic (exact) mass is 300 g/mol. The van der Waals surface area contributed by atoms with Crippen molar-refractivity contribution in [1.82, 2.24) is 10.1 Å². The van der Waals surface area contributed by atoms with Gasteiger partial charge in [-0.1, -0.05) is 55.2 Å². The Morgan fingerprint density at radius 2 is 1.84 bits per heavy atom. The van der Waals surface area contributed by atoms with Crippen LogP contribution in [0.3, 0.4) is 0 Å². The molecule has 0 aliphatic carbocycles. The maximum atomic E-state index is 6.04.